The molecule has 0 saturated heterocycles. The Hall–Kier alpha value is -3.67. The van der Waals surface area contributed by atoms with Crippen molar-refractivity contribution in [2.45, 2.75) is 72.4 Å². The molecule has 37 heavy (non-hydrogen) atoms. The molecule has 0 fully saturated rings. The van der Waals surface area contributed by atoms with Crippen LogP contribution in [0.4, 0.5) is 0 Å². The van der Waals surface area contributed by atoms with Gasteiger partial charge in [-0.15, -0.1) is 0 Å². The van der Waals surface area contributed by atoms with Gasteiger partial charge in [-0.2, -0.15) is 0 Å². The Morgan fingerprint density at radius 1 is 1.00 bits per heavy atom. The summed E-state index contributed by atoms with van der Waals surface area (Å²) < 4.78 is 1.51. The first kappa shape index (κ1) is 27.9. The maximum Gasteiger partial charge on any atom is 0.305 e. The van der Waals surface area contributed by atoms with E-state index in [9.17, 15) is 19.5 Å². The van der Waals surface area contributed by atoms with Gasteiger partial charge < -0.3 is 15.0 Å². The molecule has 196 valence electrons. The second-order valence-corrected chi connectivity index (χ2v) is 10.2. The molecule has 0 spiro atoms. The normalized spacial score (nSPS) is 12.8. The molecule has 6 heteroatoms. The van der Waals surface area contributed by atoms with Gasteiger partial charge in [0.15, 0.2) is 0 Å². The molecule has 1 aromatic heterocycles. The number of nitrogens with one attached hydrogen (secondary N) is 1. The zero-order valence-corrected chi connectivity index (χ0v) is 22.5. The number of pyridine rings is 1. The summed E-state index contributed by atoms with van der Waals surface area (Å²) in [5, 5.41) is 12.6. The number of benzene rings is 2. The molecule has 6 nitrogen and oxygen atoms in total. The van der Waals surface area contributed by atoms with E-state index < -0.39 is 18.1 Å². The average Bonchev–Trinajstić information content (AvgIpc) is 2.83. The summed E-state index contributed by atoms with van der Waals surface area (Å²) in [6, 6.07) is 15.6. The van der Waals surface area contributed by atoms with Gasteiger partial charge in [0.1, 0.15) is 6.04 Å². The van der Waals surface area contributed by atoms with E-state index in [1.807, 2.05) is 70.2 Å². The van der Waals surface area contributed by atoms with E-state index in [4.69, 9.17) is 0 Å². The van der Waals surface area contributed by atoms with E-state index in [2.05, 4.69) is 12.2 Å². The number of aromatic nitrogens is 1. The lowest BCUT2D eigenvalue weighted by Crippen LogP contribution is -2.40. The van der Waals surface area contributed by atoms with Crippen LogP contribution in [-0.2, 0) is 16.0 Å². The Morgan fingerprint density at radius 2 is 1.68 bits per heavy atom. The number of carbonyl (C=O) groups is 2. The molecule has 3 aromatic rings. The predicted molar refractivity (Wildman–Crippen MR) is 148 cm³/mol. The second-order valence-electron chi connectivity index (χ2n) is 10.2. The number of carboxylic acid groups (broad SMARTS) is 1. The number of carbonyl (C=O) groups excluding carboxylic acids is 1. The Morgan fingerprint density at radius 3 is 2.30 bits per heavy atom. The number of rotatable bonds is 11. The van der Waals surface area contributed by atoms with Crippen LogP contribution < -0.4 is 10.9 Å². The zero-order valence-electron chi connectivity index (χ0n) is 22.5. The first-order valence-corrected chi connectivity index (χ1v) is 13.0. The summed E-state index contributed by atoms with van der Waals surface area (Å²) >= 11 is 0. The van der Waals surface area contributed by atoms with E-state index in [0.29, 0.717) is 12.0 Å². The van der Waals surface area contributed by atoms with Gasteiger partial charge in [-0.1, -0.05) is 69.7 Å². The first-order chi connectivity index (χ1) is 17.6. The van der Waals surface area contributed by atoms with Crippen LogP contribution in [-0.4, -0.2) is 21.6 Å². The molecule has 0 aliphatic carbocycles. The van der Waals surface area contributed by atoms with Crippen molar-refractivity contribution in [3.8, 4) is 11.1 Å². The van der Waals surface area contributed by atoms with E-state index in [0.717, 1.165) is 40.7 Å². The summed E-state index contributed by atoms with van der Waals surface area (Å²) in [5.41, 5.74) is 5.78. The van der Waals surface area contributed by atoms with E-state index >= 15 is 0 Å². The highest BCUT2D eigenvalue weighted by molar-refractivity contribution is 5.82. The van der Waals surface area contributed by atoms with Crippen molar-refractivity contribution in [3.05, 3.63) is 93.4 Å². The van der Waals surface area contributed by atoms with Crippen molar-refractivity contribution < 1.29 is 14.7 Å². The lowest BCUT2D eigenvalue weighted by molar-refractivity contribution is -0.138. The third-order valence-electron chi connectivity index (χ3n) is 6.63. The van der Waals surface area contributed by atoms with Crippen LogP contribution in [0.3, 0.4) is 0 Å². The van der Waals surface area contributed by atoms with Crippen LogP contribution in [0, 0.1) is 19.8 Å². The van der Waals surface area contributed by atoms with Gasteiger partial charge in [-0.05, 0) is 72.1 Å². The van der Waals surface area contributed by atoms with Gasteiger partial charge in [0.05, 0.1) is 12.5 Å². The van der Waals surface area contributed by atoms with Crippen LogP contribution in [0.15, 0.2) is 65.6 Å². The summed E-state index contributed by atoms with van der Waals surface area (Å²) in [7, 11) is 0. The van der Waals surface area contributed by atoms with E-state index in [-0.39, 0.29) is 23.8 Å². The number of aryl methyl sites for hydroxylation is 3. The van der Waals surface area contributed by atoms with Crippen molar-refractivity contribution >= 4 is 11.9 Å². The highest BCUT2D eigenvalue weighted by atomic mass is 16.4. The molecule has 1 heterocycles. The third-order valence-corrected chi connectivity index (χ3v) is 6.63. The quantitative estimate of drug-likeness (QED) is 0.336. The Balaban J connectivity index is 1.99. The molecule has 2 N–H and O–H groups in total. The van der Waals surface area contributed by atoms with Gasteiger partial charge in [0, 0.05) is 12.3 Å². The van der Waals surface area contributed by atoms with Crippen LogP contribution >= 0.6 is 0 Å². The smallest absolute Gasteiger partial charge is 0.305 e. The molecule has 1 unspecified atom stereocenters. The first-order valence-electron chi connectivity index (χ1n) is 13.0. The molecule has 0 saturated carbocycles. The maximum atomic E-state index is 13.7. The van der Waals surface area contributed by atoms with Crippen molar-refractivity contribution in [1.82, 2.24) is 9.88 Å². The molecule has 0 radical (unpaired) electrons. The van der Waals surface area contributed by atoms with Crippen LogP contribution in [0.1, 0.15) is 74.4 Å². The molecule has 0 bridgehead atoms. The molecule has 0 aliphatic heterocycles. The summed E-state index contributed by atoms with van der Waals surface area (Å²) in [6.45, 7) is 10.2. The molecule has 2 aromatic carbocycles. The fourth-order valence-electron chi connectivity index (χ4n) is 4.90. The van der Waals surface area contributed by atoms with Crippen molar-refractivity contribution in [1.29, 1.82) is 0 Å². The zero-order chi connectivity index (χ0) is 27.1. The number of nitrogens with zero attached hydrogens (tertiary/aromatic N) is 1. The number of hydrogen-bond donors (Lipinski definition) is 2. The molecular formula is C31H38N2O4. The van der Waals surface area contributed by atoms with Gasteiger partial charge in [0.2, 0.25) is 5.91 Å². The fraction of sp³-hybridized carbons (Fsp3) is 0.387. The lowest BCUT2D eigenvalue weighted by Gasteiger charge is -2.25. The minimum Gasteiger partial charge on any atom is -0.481 e. The minimum atomic E-state index is -1.01. The van der Waals surface area contributed by atoms with Crippen molar-refractivity contribution in [3.63, 3.8) is 0 Å². The Labute approximate surface area is 219 Å². The summed E-state index contributed by atoms with van der Waals surface area (Å²) in [5.74, 6) is -1.21. The average molecular weight is 503 g/mol. The summed E-state index contributed by atoms with van der Waals surface area (Å²) in [4.78, 5) is 38.3. The summed E-state index contributed by atoms with van der Waals surface area (Å²) in [6.07, 6.45) is 3.70. The van der Waals surface area contributed by atoms with Gasteiger partial charge >= 0.3 is 5.97 Å². The monoisotopic (exact) mass is 502 g/mol. The number of hydrogen-bond acceptors (Lipinski definition) is 3. The van der Waals surface area contributed by atoms with E-state index in [1.54, 1.807) is 12.3 Å². The highest BCUT2D eigenvalue weighted by Crippen LogP contribution is 2.30. The van der Waals surface area contributed by atoms with Crippen molar-refractivity contribution in [2.75, 3.05) is 0 Å². The van der Waals surface area contributed by atoms with Crippen LogP contribution in [0.5, 0.6) is 0 Å². The second kappa shape index (κ2) is 12.5. The topological polar surface area (TPSA) is 88.4 Å². The number of aliphatic carboxylic acids is 1. The minimum absolute atomic E-state index is 0.155. The predicted octanol–water partition coefficient (Wildman–Crippen LogP) is 6.00. The van der Waals surface area contributed by atoms with Gasteiger partial charge in [-0.3, -0.25) is 14.4 Å². The van der Waals surface area contributed by atoms with Crippen LogP contribution in [0.2, 0.25) is 0 Å². The molecule has 0 aliphatic rings. The SMILES string of the molecule is CCCc1ccc(=O)n(C(CC(C)C)C(=O)N[C@@H](CC(=O)O)c2cccc(-c3c(C)cccc3C)c2)c1. The molecular weight excluding hydrogens is 464 g/mol. The Bertz CT molecular complexity index is 1290. The highest BCUT2D eigenvalue weighted by Gasteiger charge is 2.27. The molecule has 2 atom stereocenters. The molecule has 3 rings (SSSR count). The van der Waals surface area contributed by atoms with Crippen molar-refractivity contribution in [2.24, 2.45) is 5.92 Å². The maximum absolute atomic E-state index is 13.7. The van der Waals surface area contributed by atoms with Crippen LogP contribution in [0.25, 0.3) is 11.1 Å². The van der Waals surface area contributed by atoms with Gasteiger partial charge in [0.25, 0.3) is 5.56 Å². The fourth-order valence-corrected chi connectivity index (χ4v) is 4.90. The standard InChI is InChI=1S/C31H38N2O4/c1-6-9-23-14-15-28(34)33(19-23)27(16-20(2)3)31(37)32-26(18-29(35)36)24-12-8-13-25(17-24)30-21(4)10-7-11-22(30)5/h7-8,10-15,17,19-20,26-27H,6,9,16,18H2,1-5H3,(H,32,37)(H,35,36)/t26-,27?/m0/s1. The number of carboxylic acids is 1. The third kappa shape index (κ3) is 7.19. The van der Waals surface area contributed by atoms with Gasteiger partial charge in [-0.25, -0.2) is 0 Å². The number of amides is 1. The lowest BCUT2D eigenvalue weighted by atomic mass is 9.92. The molecule has 1 amide bonds. The Kier molecular flexibility index (Phi) is 9.45. The van der Waals surface area contributed by atoms with E-state index in [1.165, 1.54) is 10.6 Å². The largest absolute Gasteiger partial charge is 0.481 e.